The van der Waals surface area contributed by atoms with Crippen molar-refractivity contribution < 1.29 is 9.21 Å². The summed E-state index contributed by atoms with van der Waals surface area (Å²) in [6.45, 7) is 0.406. The van der Waals surface area contributed by atoms with Gasteiger partial charge in [-0.3, -0.25) is 9.59 Å². The number of hydrogen-bond acceptors (Lipinski definition) is 4. The predicted octanol–water partition coefficient (Wildman–Crippen LogP) is 1.49. The van der Waals surface area contributed by atoms with Crippen LogP contribution in [0, 0.1) is 0 Å². The second-order valence-corrected chi connectivity index (χ2v) is 4.51. The van der Waals surface area contributed by atoms with Crippen LogP contribution in [0.1, 0.15) is 16.4 Å². The fraction of sp³-hybridized carbons (Fsp3) is 0.133. The lowest BCUT2D eigenvalue weighted by Crippen LogP contribution is -2.26. The van der Waals surface area contributed by atoms with Crippen LogP contribution in [0.3, 0.4) is 0 Å². The third-order valence-electron chi connectivity index (χ3n) is 3.06. The fourth-order valence-corrected chi connectivity index (χ4v) is 2.03. The maximum atomic E-state index is 12.0. The smallest absolute Gasteiger partial charge is 0.287 e. The Labute approximate surface area is 119 Å². The van der Waals surface area contributed by atoms with E-state index in [-0.39, 0.29) is 11.2 Å². The van der Waals surface area contributed by atoms with Gasteiger partial charge in [-0.2, -0.15) is 0 Å². The largest absolute Gasteiger partial charge is 0.451 e. The van der Waals surface area contributed by atoms with Crippen LogP contribution in [0.25, 0.3) is 11.0 Å². The van der Waals surface area contributed by atoms with Gasteiger partial charge in [-0.05, 0) is 12.1 Å². The molecule has 0 aliphatic rings. The topological polar surface area (TPSA) is 88.0 Å². The number of nitrogens with zero attached hydrogens (tertiary/aromatic N) is 1. The minimum Gasteiger partial charge on any atom is -0.451 e. The zero-order valence-electron chi connectivity index (χ0n) is 11.1. The van der Waals surface area contributed by atoms with Gasteiger partial charge in [0, 0.05) is 31.4 Å². The van der Waals surface area contributed by atoms with E-state index in [2.05, 4.69) is 15.3 Å². The lowest BCUT2D eigenvalue weighted by molar-refractivity contribution is 0.0927. The Hall–Kier alpha value is -2.89. The van der Waals surface area contributed by atoms with Gasteiger partial charge in [-0.1, -0.05) is 12.1 Å². The van der Waals surface area contributed by atoms with Crippen LogP contribution >= 0.6 is 0 Å². The lowest BCUT2D eigenvalue weighted by atomic mass is 10.2. The molecule has 6 nitrogen and oxygen atoms in total. The summed E-state index contributed by atoms with van der Waals surface area (Å²) >= 11 is 0. The first-order valence-corrected chi connectivity index (χ1v) is 6.53. The molecule has 0 bridgehead atoms. The molecule has 1 aromatic carbocycles. The molecule has 0 atom stereocenters. The number of carbonyl (C=O) groups is 1. The van der Waals surface area contributed by atoms with Crippen molar-refractivity contribution >= 4 is 16.9 Å². The Morgan fingerprint density at radius 3 is 3.00 bits per heavy atom. The van der Waals surface area contributed by atoms with Crippen LogP contribution < -0.4 is 10.7 Å². The van der Waals surface area contributed by atoms with Gasteiger partial charge in [0.1, 0.15) is 11.4 Å². The highest BCUT2D eigenvalue weighted by molar-refractivity contribution is 5.93. The van der Waals surface area contributed by atoms with Crippen molar-refractivity contribution in [2.75, 3.05) is 6.54 Å². The van der Waals surface area contributed by atoms with E-state index in [1.807, 2.05) is 0 Å². The number of nitrogens with one attached hydrogen (secondary N) is 2. The Morgan fingerprint density at radius 2 is 2.19 bits per heavy atom. The van der Waals surface area contributed by atoms with Crippen LogP contribution in [-0.4, -0.2) is 22.4 Å². The van der Waals surface area contributed by atoms with Crippen LogP contribution in [0.2, 0.25) is 0 Å². The molecule has 106 valence electrons. The molecule has 2 aromatic heterocycles. The summed E-state index contributed by atoms with van der Waals surface area (Å²) in [5.41, 5.74) is 0.175. The predicted molar refractivity (Wildman–Crippen MR) is 77.1 cm³/mol. The lowest BCUT2D eigenvalue weighted by Gasteiger charge is -2.04. The highest BCUT2D eigenvalue weighted by Gasteiger charge is 2.11. The van der Waals surface area contributed by atoms with Gasteiger partial charge in [-0.15, -0.1) is 0 Å². The summed E-state index contributed by atoms with van der Waals surface area (Å²) in [6, 6.07) is 8.05. The zero-order chi connectivity index (χ0) is 14.7. The summed E-state index contributed by atoms with van der Waals surface area (Å²) in [5.74, 6) is 0.387. The summed E-state index contributed by atoms with van der Waals surface area (Å²) in [5, 5.41) is 3.16. The number of carbonyl (C=O) groups excluding carboxylic acids is 1. The van der Waals surface area contributed by atoms with Crippen LogP contribution in [0.4, 0.5) is 0 Å². The molecule has 2 N–H and O–H groups in total. The molecule has 0 radical (unpaired) electrons. The molecule has 0 unspecified atom stereocenters. The minimum absolute atomic E-state index is 0.0122. The maximum Gasteiger partial charge on any atom is 0.287 e. The van der Waals surface area contributed by atoms with Gasteiger partial charge in [-0.25, -0.2) is 4.98 Å². The first-order chi connectivity index (χ1) is 10.2. The van der Waals surface area contributed by atoms with Gasteiger partial charge in [0.25, 0.3) is 5.91 Å². The average molecular weight is 283 g/mol. The molecule has 0 saturated heterocycles. The second-order valence-electron chi connectivity index (χ2n) is 4.51. The summed E-state index contributed by atoms with van der Waals surface area (Å²) < 4.78 is 5.46. The van der Waals surface area contributed by atoms with Crippen LogP contribution in [0.5, 0.6) is 0 Å². The second kappa shape index (κ2) is 5.62. The number of aromatic nitrogens is 2. The van der Waals surface area contributed by atoms with Crippen molar-refractivity contribution in [2.24, 2.45) is 0 Å². The molecule has 0 spiro atoms. The van der Waals surface area contributed by atoms with E-state index in [1.54, 1.807) is 36.7 Å². The zero-order valence-corrected chi connectivity index (χ0v) is 11.1. The molecule has 2 heterocycles. The third-order valence-corrected chi connectivity index (χ3v) is 3.06. The first kappa shape index (κ1) is 13.1. The van der Waals surface area contributed by atoms with Crippen molar-refractivity contribution in [1.82, 2.24) is 15.3 Å². The van der Waals surface area contributed by atoms with E-state index in [9.17, 15) is 9.59 Å². The van der Waals surface area contributed by atoms with E-state index in [4.69, 9.17) is 4.42 Å². The number of rotatable bonds is 4. The Balaban J connectivity index is 1.74. The molecule has 0 saturated carbocycles. The SMILES string of the molecule is O=C(NCCc1ncc[nH]1)c1cc(=O)c2ccccc2o1. The average Bonchev–Trinajstić information content (AvgIpc) is 3.00. The number of benzene rings is 1. The van der Waals surface area contributed by atoms with Crippen molar-refractivity contribution in [3.63, 3.8) is 0 Å². The van der Waals surface area contributed by atoms with E-state index in [1.165, 1.54) is 6.07 Å². The molecular formula is C15H13N3O3. The highest BCUT2D eigenvalue weighted by atomic mass is 16.3. The standard InChI is InChI=1S/C15H13N3O3/c19-11-9-13(21-12-4-2-1-3-10(11)12)15(20)18-6-5-14-16-7-8-17-14/h1-4,7-9H,5-6H2,(H,16,17)(H,18,20). The summed E-state index contributed by atoms with van der Waals surface area (Å²) in [4.78, 5) is 30.9. The number of para-hydroxylation sites is 1. The van der Waals surface area contributed by atoms with Gasteiger partial charge in [0.15, 0.2) is 11.2 Å². The van der Waals surface area contributed by atoms with Crippen LogP contribution in [-0.2, 0) is 6.42 Å². The first-order valence-electron chi connectivity index (χ1n) is 6.53. The van der Waals surface area contributed by atoms with E-state index < -0.39 is 5.91 Å². The number of hydrogen-bond donors (Lipinski definition) is 2. The van der Waals surface area contributed by atoms with Crippen molar-refractivity contribution in [1.29, 1.82) is 0 Å². The fourth-order valence-electron chi connectivity index (χ4n) is 2.03. The minimum atomic E-state index is -0.413. The number of imidazole rings is 1. The van der Waals surface area contributed by atoms with Gasteiger partial charge >= 0.3 is 0 Å². The van der Waals surface area contributed by atoms with E-state index in [0.717, 1.165) is 5.82 Å². The third kappa shape index (κ3) is 2.84. The normalized spacial score (nSPS) is 10.7. The Morgan fingerprint density at radius 1 is 1.33 bits per heavy atom. The molecule has 3 rings (SSSR count). The molecule has 3 aromatic rings. The molecular weight excluding hydrogens is 270 g/mol. The van der Waals surface area contributed by atoms with E-state index >= 15 is 0 Å². The molecule has 6 heteroatoms. The van der Waals surface area contributed by atoms with Gasteiger partial charge < -0.3 is 14.7 Å². The number of H-pyrrole nitrogens is 1. The van der Waals surface area contributed by atoms with E-state index in [0.29, 0.717) is 23.9 Å². The number of fused-ring (bicyclic) bond motifs is 1. The summed E-state index contributed by atoms with van der Waals surface area (Å²) in [6.07, 6.45) is 3.95. The highest BCUT2D eigenvalue weighted by Crippen LogP contribution is 2.11. The molecule has 21 heavy (non-hydrogen) atoms. The molecule has 0 aliphatic heterocycles. The molecule has 0 aliphatic carbocycles. The van der Waals surface area contributed by atoms with Gasteiger partial charge in [0.05, 0.1) is 5.39 Å². The van der Waals surface area contributed by atoms with Crippen molar-refractivity contribution in [3.05, 3.63) is 64.5 Å². The van der Waals surface area contributed by atoms with Crippen molar-refractivity contribution in [3.8, 4) is 0 Å². The quantitative estimate of drug-likeness (QED) is 0.759. The van der Waals surface area contributed by atoms with Crippen molar-refractivity contribution in [2.45, 2.75) is 6.42 Å². The van der Waals surface area contributed by atoms with Crippen LogP contribution in [0.15, 0.2) is 51.9 Å². The molecule has 0 fully saturated rings. The Kier molecular flexibility index (Phi) is 3.51. The monoisotopic (exact) mass is 283 g/mol. The van der Waals surface area contributed by atoms with Gasteiger partial charge in [0.2, 0.25) is 0 Å². The summed E-state index contributed by atoms with van der Waals surface area (Å²) in [7, 11) is 0. The molecule has 1 amide bonds. The number of amides is 1. The number of aromatic amines is 1. The Bertz CT molecular complexity index is 822. The maximum absolute atomic E-state index is 12.0.